The Hall–Kier alpha value is -1.77. The lowest BCUT2D eigenvalue weighted by Gasteiger charge is -2.35. The molecular weight excluding hydrogens is 489 g/mol. The molecule has 1 aliphatic heterocycles. The van der Waals surface area contributed by atoms with E-state index in [1.54, 1.807) is 0 Å². The molecule has 166 valence electrons. The van der Waals surface area contributed by atoms with Crippen LogP contribution in [0.4, 0.5) is 5.69 Å². The predicted molar refractivity (Wildman–Crippen MR) is 135 cm³/mol. The number of anilines is 1. The first kappa shape index (κ1) is 24.5. The average molecular weight is 525 g/mol. The summed E-state index contributed by atoms with van der Waals surface area (Å²) in [7, 11) is 0. The van der Waals surface area contributed by atoms with Gasteiger partial charge in [-0.25, -0.2) is 9.98 Å². The molecule has 0 radical (unpaired) electrons. The lowest BCUT2D eigenvalue weighted by Crippen LogP contribution is -2.51. The number of halogens is 1. The van der Waals surface area contributed by atoms with Crippen LogP contribution >= 0.6 is 24.0 Å². The van der Waals surface area contributed by atoms with Gasteiger partial charge in [-0.2, -0.15) is 0 Å². The van der Waals surface area contributed by atoms with Crippen LogP contribution in [0.3, 0.4) is 0 Å². The van der Waals surface area contributed by atoms with Crippen molar-refractivity contribution < 1.29 is 4.42 Å². The number of aromatic nitrogens is 1. The van der Waals surface area contributed by atoms with Crippen molar-refractivity contribution in [3.05, 3.63) is 47.7 Å². The Morgan fingerprint density at radius 3 is 2.63 bits per heavy atom. The maximum Gasteiger partial charge on any atom is 0.216 e. The number of rotatable bonds is 5. The van der Waals surface area contributed by atoms with Gasteiger partial charge in [0.2, 0.25) is 5.89 Å². The van der Waals surface area contributed by atoms with E-state index in [-0.39, 0.29) is 29.4 Å². The molecule has 2 heterocycles. The molecule has 30 heavy (non-hydrogen) atoms. The number of aliphatic imine (C=N–C) groups is 1. The Bertz CT molecular complexity index is 810. The van der Waals surface area contributed by atoms with Gasteiger partial charge in [-0.3, -0.25) is 0 Å². The van der Waals surface area contributed by atoms with Crippen molar-refractivity contribution in [2.75, 3.05) is 24.5 Å². The van der Waals surface area contributed by atoms with E-state index >= 15 is 0 Å². The third kappa shape index (κ3) is 6.89. The largest absolute Gasteiger partial charge is 0.443 e. The van der Waals surface area contributed by atoms with E-state index in [1.165, 1.54) is 17.7 Å². The Labute approximate surface area is 198 Å². The Kier molecular flexibility index (Phi) is 9.00. The highest BCUT2D eigenvalue weighted by molar-refractivity contribution is 14.0. The fraction of sp³-hybridized carbons (Fsp3) is 0.565. The van der Waals surface area contributed by atoms with Gasteiger partial charge in [0.1, 0.15) is 12.3 Å². The first-order valence-corrected chi connectivity index (χ1v) is 10.7. The second kappa shape index (κ2) is 11.0. The zero-order valence-electron chi connectivity index (χ0n) is 18.9. The van der Waals surface area contributed by atoms with Crippen LogP contribution in [0.5, 0.6) is 0 Å². The highest BCUT2D eigenvalue weighted by Gasteiger charge is 2.22. The zero-order chi connectivity index (χ0) is 20.9. The number of nitrogens with one attached hydrogen (secondary N) is 2. The summed E-state index contributed by atoms with van der Waals surface area (Å²) in [6.45, 7) is 13.9. The summed E-state index contributed by atoms with van der Waals surface area (Å²) in [6, 6.07) is 9.15. The molecule has 7 heteroatoms. The molecular formula is C23H36IN5O. The van der Waals surface area contributed by atoms with Crippen molar-refractivity contribution in [3.8, 4) is 0 Å². The molecule has 0 bridgehead atoms. The van der Waals surface area contributed by atoms with Gasteiger partial charge < -0.3 is 20.0 Å². The number of benzene rings is 1. The topological polar surface area (TPSA) is 65.7 Å². The quantitative estimate of drug-likeness (QED) is 0.339. The summed E-state index contributed by atoms with van der Waals surface area (Å²) in [6.07, 6.45) is 4.12. The molecule has 1 atom stereocenters. The zero-order valence-corrected chi connectivity index (χ0v) is 21.2. The highest BCUT2D eigenvalue weighted by atomic mass is 127. The summed E-state index contributed by atoms with van der Waals surface area (Å²) < 4.78 is 5.87. The van der Waals surface area contributed by atoms with E-state index in [4.69, 9.17) is 9.41 Å². The number of guanidine groups is 1. The molecule has 1 unspecified atom stereocenters. The van der Waals surface area contributed by atoms with Crippen LogP contribution in [0, 0.1) is 6.92 Å². The second-order valence-electron chi connectivity index (χ2n) is 8.83. The van der Waals surface area contributed by atoms with E-state index in [2.05, 4.69) is 79.4 Å². The molecule has 1 saturated heterocycles. The molecule has 1 aliphatic rings. The van der Waals surface area contributed by atoms with Crippen molar-refractivity contribution in [3.63, 3.8) is 0 Å². The van der Waals surface area contributed by atoms with Gasteiger partial charge in [0.15, 0.2) is 5.96 Å². The van der Waals surface area contributed by atoms with Crippen molar-refractivity contribution in [1.29, 1.82) is 0 Å². The van der Waals surface area contributed by atoms with E-state index in [0.717, 1.165) is 37.8 Å². The molecule has 1 aromatic carbocycles. The summed E-state index contributed by atoms with van der Waals surface area (Å²) in [5.74, 6) is 2.36. The van der Waals surface area contributed by atoms with Gasteiger partial charge in [0.25, 0.3) is 0 Å². The van der Waals surface area contributed by atoms with Crippen molar-refractivity contribution in [2.24, 2.45) is 4.99 Å². The van der Waals surface area contributed by atoms with Crippen LogP contribution in [0.2, 0.25) is 0 Å². The van der Waals surface area contributed by atoms with E-state index in [9.17, 15) is 0 Å². The van der Waals surface area contributed by atoms with Crippen molar-refractivity contribution in [2.45, 2.75) is 65.5 Å². The molecule has 3 rings (SSSR count). The standard InChI is InChI=1S/C23H35N5O.HI/c1-6-24-22(26-15-21-25-14-20(29-21)23(3,4)5)27-18-8-7-13-28(16-18)19-11-9-17(2)10-12-19;/h9-12,14,18H,6-8,13,15-16H2,1-5H3,(H2,24,26,27);1H. The van der Waals surface area contributed by atoms with Crippen LogP contribution in [0.15, 0.2) is 39.9 Å². The fourth-order valence-electron chi connectivity index (χ4n) is 3.48. The number of nitrogens with zero attached hydrogens (tertiary/aromatic N) is 3. The van der Waals surface area contributed by atoms with E-state index in [0.29, 0.717) is 18.5 Å². The minimum absolute atomic E-state index is 0. The van der Waals surface area contributed by atoms with Crippen LogP contribution in [0.1, 0.15) is 57.8 Å². The fourth-order valence-corrected chi connectivity index (χ4v) is 3.48. The van der Waals surface area contributed by atoms with Gasteiger partial charge in [-0.1, -0.05) is 38.5 Å². The molecule has 2 aromatic rings. The third-order valence-electron chi connectivity index (χ3n) is 5.17. The maximum absolute atomic E-state index is 5.87. The van der Waals surface area contributed by atoms with Crippen LogP contribution < -0.4 is 15.5 Å². The van der Waals surface area contributed by atoms with Gasteiger partial charge in [0.05, 0.1) is 6.20 Å². The number of aryl methyl sites for hydroxylation is 1. The second-order valence-corrected chi connectivity index (χ2v) is 8.83. The van der Waals surface area contributed by atoms with Crippen molar-refractivity contribution in [1.82, 2.24) is 15.6 Å². The van der Waals surface area contributed by atoms with Gasteiger partial charge >= 0.3 is 0 Å². The number of piperidine rings is 1. The molecule has 0 amide bonds. The molecule has 1 fully saturated rings. The van der Waals surface area contributed by atoms with E-state index < -0.39 is 0 Å². The van der Waals surface area contributed by atoms with Crippen LogP contribution in [-0.2, 0) is 12.0 Å². The average Bonchev–Trinajstić information content (AvgIpc) is 3.17. The van der Waals surface area contributed by atoms with Crippen molar-refractivity contribution >= 4 is 35.6 Å². The van der Waals surface area contributed by atoms with Crippen LogP contribution in [-0.4, -0.2) is 36.6 Å². The maximum atomic E-state index is 5.87. The Morgan fingerprint density at radius 2 is 2.00 bits per heavy atom. The smallest absolute Gasteiger partial charge is 0.216 e. The number of hydrogen-bond acceptors (Lipinski definition) is 4. The van der Waals surface area contributed by atoms with Gasteiger partial charge in [-0.15, -0.1) is 24.0 Å². The van der Waals surface area contributed by atoms with Gasteiger partial charge in [-0.05, 0) is 38.8 Å². The minimum Gasteiger partial charge on any atom is -0.443 e. The minimum atomic E-state index is -0.0424. The summed E-state index contributed by atoms with van der Waals surface area (Å²) in [5, 5.41) is 6.95. The van der Waals surface area contributed by atoms with E-state index in [1.807, 2.05) is 6.20 Å². The monoisotopic (exact) mass is 525 g/mol. The summed E-state index contributed by atoms with van der Waals surface area (Å²) in [4.78, 5) is 11.5. The molecule has 0 saturated carbocycles. The summed E-state index contributed by atoms with van der Waals surface area (Å²) >= 11 is 0. The first-order chi connectivity index (χ1) is 13.8. The van der Waals surface area contributed by atoms with Gasteiger partial charge in [0, 0.05) is 36.8 Å². The number of hydrogen-bond donors (Lipinski definition) is 2. The SMILES string of the molecule is CCNC(=NCc1ncc(C(C)(C)C)o1)NC1CCCN(c2ccc(C)cc2)C1.I. The molecule has 6 nitrogen and oxygen atoms in total. The normalized spacial score (nSPS) is 17.4. The highest BCUT2D eigenvalue weighted by Crippen LogP contribution is 2.23. The predicted octanol–water partition coefficient (Wildman–Crippen LogP) is 4.62. The third-order valence-corrected chi connectivity index (χ3v) is 5.17. The number of oxazole rings is 1. The molecule has 0 spiro atoms. The summed E-state index contributed by atoms with van der Waals surface area (Å²) in [5.41, 5.74) is 2.54. The lowest BCUT2D eigenvalue weighted by atomic mass is 9.94. The Balaban J connectivity index is 0.00000320. The molecule has 2 N–H and O–H groups in total. The molecule has 1 aromatic heterocycles. The lowest BCUT2D eigenvalue weighted by molar-refractivity contribution is 0.383. The molecule has 0 aliphatic carbocycles. The Morgan fingerprint density at radius 1 is 1.27 bits per heavy atom. The van der Waals surface area contributed by atoms with Crippen LogP contribution in [0.25, 0.3) is 0 Å². The first-order valence-electron chi connectivity index (χ1n) is 10.7.